The molecule has 0 aliphatic rings. The van der Waals surface area contributed by atoms with Crippen molar-refractivity contribution < 1.29 is 19.1 Å². The van der Waals surface area contributed by atoms with Crippen molar-refractivity contribution >= 4 is 22.8 Å². The largest absolute Gasteiger partial charge is 0.481 e. The molecule has 1 aromatic heterocycles. The molecule has 3 aromatic rings. The maximum absolute atomic E-state index is 13.9. The number of aromatic nitrogens is 1. The first-order chi connectivity index (χ1) is 12.2. The van der Waals surface area contributed by atoms with Crippen molar-refractivity contribution in [1.82, 2.24) is 4.57 Å². The van der Waals surface area contributed by atoms with Crippen molar-refractivity contribution in [3.05, 3.63) is 71.7 Å². The first kappa shape index (κ1) is 17.9. The lowest BCUT2D eigenvalue weighted by Gasteiger charge is -2.26. The Bertz CT molecular complexity index is 984. The van der Waals surface area contributed by atoms with Gasteiger partial charge in [-0.1, -0.05) is 39.0 Å². The van der Waals surface area contributed by atoms with E-state index in [0.717, 1.165) is 0 Å². The van der Waals surface area contributed by atoms with Gasteiger partial charge in [-0.25, -0.2) is 4.39 Å². The Hall–Kier alpha value is -2.95. The zero-order valence-electron chi connectivity index (χ0n) is 14.9. The topological polar surface area (TPSA) is 59.3 Å². The molecule has 3 rings (SSSR count). The van der Waals surface area contributed by atoms with Gasteiger partial charge in [0.25, 0.3) is 5.91 Å². The van der Waals surface area contributed by atoms with E-state index >= 15 is 0 Å². The molecule has 1 heterocycles. The standard InChI is InChI=1S/C21H20FNO3/c1-21(2,3)18(20(25)26)16-12-23(17-10-9-14(22)11-15(16)17)19(24)13-7-5-4-6-8-13/h4-12,18H,1-3H3,(H,25,26). The molecule has 0 amide bonds. The van der Waals surface area contributed by atoms with Crippen LogP contribution in [0.1, 0.15) is 42.6 Å². The third-order valence-electron chi connectivity index (χ3n) is 4.46. The van der Waals surface area contributed by atoms with E-state index in [4.69, 9.17) is 0 Å². The fourth-order valence-corrected chi connectivity index (χ4v) is 3.32. The average Bonchev–Trinajstić information content (AvgIpc) is 2.91. The highest BCUT2D eigenvalue weighted by Gasteiger charge is 2.35. The van der Waals surface area contributed by atoms with Gasteiger partial charge >= 0.3 is 5.97 Å². The number of nitrogens with zero attached hydrogens (tertiary/aromatic N) is 1. The van der Waals surface area contributed by atoms with Crippen molar-refractivity contribution in [2.45, 2.75) is 26.7 Å². The molecular weight excluding hydrogens is 333 g/mol. The van der Waals surface area contributed by atoms with Crippen LogP contribution in [0.4, 0.5) is 4.39 Å². The van der Waals surface area contributed by atoms with Gasteiger partial charge in [-0.2, -0.15) is 0 Å². The number of carbonyl (C=O) groups excluding carboxylic acids is 1. The minimum Gasteiger partial charge on any atom is -0.481 e. The lowest BCUT2D eigenvalue weighted by Crippen LogP contribution is -2.26. The van der Waals surface area contributed by atoms with E-state index in [1.165, 1.54) is 29.0 Å². The molecule has 0 saturated heterocycles. The average molecular weight is 353 g/mol. The van der Waals surface area contributed by atoms with Gasteiger partial charge in [0.1, 0.15) is 5.82 Å². The molecule has 134 valence electrons. The fourth-order valence-electron chi connectivity index (χ4n) is 3.32. The van der Waals surface area contributed by atoms with E-state index in [9.17, 15) is 19.1 Å². The number of benzene rings is 2. The number of fused-ring (bicyclic) bond motifs is 1. The van der Waals surface area contributed by atoms with Crippen LogP contribution < -0.4 is 0 Å². The summed E-state index contributed by atoms with van der Waals surface area (Å²) in [5.74, 6) is -2.64. The number of carboxylic acids is 1. The van der Waals surface area contributed by atoms with E-state index in [0.29, 0.717) is 22.0 Å². The van der Waals surface area contributed by atoms with Gasteiger partial charge in [0.05, 0.1) is 11.4 Å². The van der Waals surface area contributed by atoms with Crippen LogP contribution in [0.25, 0.3) is 10.9 Å². The second kappa shape index (κ2) is 6.41. The van der Waals surface area contributed by atoms with E-state index in [1.807, 2.05) is 26.8 Å². The molecule has 0 saturated carbocycles. The maximum atomic E-state index is 13.9. The van der Waals surface area contributed by atoms with Crippen LogP contribution in [0.2, 0.25) is 0 Å². The van der Waals surface area contributed by atoms with Crippen LogP contribution in [-0.2, 0) is 4.79 Å². The number of aliphatic carboxylic acids is 1. The van der Waals surface area contributed by atoms with Crippen LogP contribution >= 0.6 is 0 Å². The summed E-state index contributed by atoms with van der Waals surface area (Å²) >= 11 is 0. The first-order valence-corrected chi connectivity index (χ1v) is 8.33. The van der Waals surface area contributed by atoms with Crippen molar-refractivity contribution in [2.24, 2.45) is 5.41 Å². The van der Waals surface area contributed by atoms with Crippen molar-refractivity contribution in [1.29, 1.82) is 0 Å². The third kappa shape index (κ3) is 3.12. The van der Waals surface area contributed by atoms with E-state index < -0.39 is 23.1 Å². The molecule has 0 bridgehead atoms. The lowest BCUT2D eigenvalue weighted by molar-refractivity contribution is -0.141. The van der Waals surface area contributed by atoms with Crippen LogP contribution in [0.5, 0.6) is 0 Å². The summed E-state index contributed by atoms with van der Waals surface area (Å²) in [4.78, 5) is 24.9. The third-order valence-corrected chi connectivity index (χ3v) is 4.46. The molecule has 0 aliphatic heterocycles. The van der Waals surface area contributed by atoms with Gasteiger partial charge in [0, 0.05) is 17.1 Å². The minimum absolute atomic E-state index is 0.286. The summed E-state index contributed by atoms with van der Waals surface area (Å²) in [5.41, 5.74) is 0.796. The summed E-state index contributed by atoms with van der Waals surface area (Å²) < 4.78 is 15.3. The lowest BCUT2D eigenvalue weighted by atomic mass is 9.76. The first-order valence-electron chi connectivity index (χ1n) is 8.33. The predicted molar refractivity (Wildman–Crippen MR) is 97.9 cm³/mol. The van der Waals surface area contributed by atoms with E-state index in [-0.39, 0.29) is 5.91 Å². The highest BCUT2D eigenvalue weighted by Crippen LogP contribution is 2.40. The monoisotopic (exact) mass is 353 g/mol. The summed E-state index contributed by atoms with van der Waals surface area (Å²) in [6.45, 7) is 5.44. The predicted octanol–water partition coefficient (Wildman–Crippen LogP) is 4.68. The molecule has 5 heteroatoms. The van der Waals surface area contributed by atoms with Crippen molar-refractivity contribution in [2.75, 3.05) is 0 Å². The Labute approximate surface area is 150 Å². The Kier molecular flexibility index (Phi) is 4.40. The smallest absolute Gasteiger partial charge is 0.311 e. The Morgan fingerprint density at radius 1 is 1.08 bits per heavy atom. The molecule has 0 fully saturated rings. The molecule has 1 unspecified atom stereocenters. The summed E-state index contributed by atoms with van der Waals surface area (Å²) in [6.07, 6.45) is 1.53. The number of hydrogen-bond donors (Lipinski definition) is 1. The maximum Gasteiger partial charge on any atom is 0.311 e. The summed E-state index contributed by atoms with van der Waals surface area (Å²) in [7, 11) is 0. The number of carbonyl (C=O) groups is 2. The SMILES string of the molecule is CC(C)(C)C(C(=O)O)c1cn(C(=O)c2ccccc2)c2ccc(F)cc12. The number of rotatable bonds is 3. The minimum atomic E-state index is -1.01. The molecule has 0 spiro atoms. The molecular formula is C21H20FNO3. The van der Waals surface area contributed by atoms with Gasteiger partial charge in [0.15, 0.2) is 0 Å². The highest BCUT2D eigenvalue weighted by atomic mass is 19.1. The second-order valence-electron chi connectivity index (χ2n) is 7.42. The number of halogens is 1. The zero-order chi connectivity index (χ0) is 19.1. The zero-order valence-corrected chi connectivity index (χ0v) is 14.9. The van der Waals surface area contributed by atoms with Gasteiger partial charge in [-0.05, 0) is 41.3 Å². The molecule has 0 aliphatic carbocycles. The van der Waals surface area contributed by atoms with Crippen molar-refractivity contribution in [3.8, 4) is 0 Å². The van der Waals surface area contributed by atoms with Gasteiger partial charge in [-0.15, -0.1) is 0 Å². The Morgan fingerprint density at radius 2 is 1.73 bits per heavy atom. The molecule has 0 radical (unpaired) electrons. The second-order valence-corrected chi connectivity index (χ2v) is 7.42. The highest BCUT2D eigenvalue weighted by molar-refractivity contribution is 6.04. The van der Waals surface area contributed by atoms with E-state index in [1.54, 1.807) is 24.3 Å². The quantitative estimate of drug-likeness (QED) is 0.743. The normalized spacial score (nSPS) is 12.9. The number of hydrogen-bond acceptors (Lipinski definition) is 2. The van der Waals surface area contributed by atoms with Crippen LogP contribution in [0, 0.1) is 11.2 Å². The Balaban J connectivity index is 2.27. The van der Waals surface area contributed by atoms with Gasteiger partial charge in [0.2, 0.25) is 0 Å². The van der Waals surface area contributed by atoms with Gasteiger partial charge < -0.3 is 5.11 Å². The summed E-state index contributed by atoms with van der Waals surface area (Å²) in [6, 6.07) is 12.8. The molecule has 1 N–H and O–H groups in total. The molecule has 1 atom stereocenters. The van der Waals surface area contributed by atoms with Crippen LogP contribution in [0.3, 0.4) is 0 Å². The van der Waals surface area contributed by atoms with Crippen molar-refractivity contribution in [3.63, 3.8) is 0 Å². The van der Waals surface area contributed by atoms with Gasteiger partial charge in [-0.3, -0.25) is 14.2 Å². The molecule has 4 nitrogen and oxygen atoms in total. The van der Waals surface area contributed by atoms with Crippen LogP contribution in [-0.4, -0.2) is 21.6 Å². The number of carboxylic acid groups (broad SMARTS) is 1. The molecule has 26 heavy (non-hydrogen) atoms. The van der Waals surface area contributed by atoms with E-state index in [2.05, 4.69) is 0 Å². The summed E-state index contributed by atoms with van der Waals surface area (Å²) in [5, 5.41) is 10.2. The molecule has 2 aromatic carbocycles. The van der Waals surface area contributed by atoms with Crippen LogP contribution in [0.15, 0.2) is 54.7 Å². The fraction of sp³-hybridized carbons (Fsp3) is 0.238. The Morgan fingerprint density at radius 3 is 2.31 bits per heavy atom.